The molecule has 0 spiro atoms. The van der Waals surface area contributed by atoms with E-state index >= 15 is 0 Å². The quantitative estimate of drug-likeness (QED) is 0.700. The van der Waals surface area contributed by atoms with Gasteiger partial charge in [0.2, 0.25) is 0 Å². The number of thiazole rings is 1. The van der Waals surface area contributed by atoms with Gasteiger partial charge in [0, 0.05) is 18.1 Å². The highest BCUT2D eigenvalue weighted by atomic mass is 32.1. The van der Waals surface area contributed by atoms with Gasteiger partial charge in [-0.1, -0.05) is 0 Å². The van der Waals surface area contributed by atoms with Crippen molar-refractivity contribution in [3.63, 3.8) is 0 Å². The Morgan fingerprint density at radius 1 is 1.45 bits per heavy atom. The van der Waals surface area contributed by atoms with Crippen LogP contribution in [-0.2, 0) is 0 Å². The van der Waals surface area contributed by atoms with Crippen molar-refractivity contribution in [3.05, 3.63) is 23.6 Å². The minimum atomic E-state index is 0.907. The molecule has 11 heavy (non-hydrogen) atoms. The van der Waals surface area contributed by atoms with Gasteiger partial charge < -0.3 is 4.98 Å². The number of hydrogen-bond acceptors (Lipinski definition) is 3. The molecule has 0 amide bonds. The summed E-state index contributed by atoms with van der Waals surface area (Å²) in [7, 11) is 0. The van der Waals surface area contributed by atoms with Gasteiger partial charge in [0.05, 0.1) is 10.4 Å². The summed E-state index contributed by atoms with van der Waals surface area (Å²) < 4.78 is 0. The first-order valence-electron chi connectivity index (χ1n) is 3.27. The van der Waals surface area contributed by atoms with Gasteiger partial charge in [-0.2, -0.15) is 0 Å². The van der Waals surface area contributed by atoms with E-state index in [1.165, 1.54) is 0 Å². The van der Waals surface area contributed by atoms with Crippen molar-refractivity contribution in [1.29, 1.82) is 0 Å². The van der Waals surface area contributed by atoms with Crippen LogP contribution >= 0.6 is 11.3 Å². The van der Waals surface area contributed by atoms with Gasteiger partial charge in [0.15, 0.2) is 0 Å². The van der Waals surface area contributed by atoms with Gasteiger partial charge in [-0.25, -0.2) is 4.98 Å². The predicted octanol–water partition coefficient (Wildman–Crippen LogP) is 1.84. The SMILES string of the molecule is Cc1cnc(-c2cncs2)[nH]1. The molecule has 0 fully saturated rings. The lowest BCUT2D eigenvalue weighted by atomic mass is 10.5. The molecule has 56 valence electrons. The Kier molecular flexibility index (Phi) is 1.47. The van der Waals surface area contributed by atoms with Gasteiger partial charge in [0.25, 0.3) is 0 Å². The minimum Gasteiger partial charge on any atom is -0.341 e. The Balaban J connectivity index is 2.45. The standard InChI is InChI=1S/C7H7N3S/c1-5-2-9-7(10-5)6-3-8-4-11-6/h2-4H,1H3,(H,9,10). The molecule has 0 saturated carbocycles. The number of imidazole rings is 1. The van der Waals surface area contributed by atoms with Crippen LogP contribution in [0.15, 0.2) is 17.9 Å². The molecule has 2 rings (SSSR count). The fourth-order valence-electron chi connectivity index (χ4n) is 0.871. The summed E-state index contributed by atoms with van der Waals surface area (Å²) in [5, 5.41) is 0. The molecule has 0 bridgehead atoms. The van der Waals surface area contributed by atoms with Crippen molar-refractivity contribution < 1.29 is 0 Å². The van der Waals surface area contributed by atoms with Crippen LogP contribution in [-0.4, -0.2) is 15.0 Å². The molecule has 0 atom stereocenters. The first-order valence-corrected chi connectivity index (χ1v) is 4.15. The van der Waals surface area contributed by atoms with E-state index in [-0.39, 0.29) is 0 Å². The fraction of sp³-hybridized carbons (Fsp3) is 0.143. The number of aryl methyl sites for hydroxylation is 1. The van der Waals surface area contributed by atoms with E-state index < -0.39 is 0 Å². The Hall–Kier alpha value is -1.16. The van der Waals surface area contributed by atoms with Crippen LogP contribution in [0.2, 0.25) is 0 Å². The third kappa shape index (κ3) is 1.17. The summed E-state index contributed by atoms with van der Waals surface area (Å²) in [4.78, 5) is 12.4. The molecule has 0 aromatic carbocycles. The molecule has 1 N–H and O–H groups in total. The molecule has 0 aliphatic carbocycles. The van der Waals surface area contributed by atoms with E-state index in [2.05, 4.69) is 15.0 Å². The van der Waals surface area contributed by atoms with E-state index in [1.54, 1.807) is 16.8 Å². The molecule has 0 aliphatic heterocycles. The number of nitrogens with zero attached hydrogens (tertiary/aromatic N) is 2. The minimum absolute atomic E-state index is 0.907. The monoisotopic (exact) mass is 165 g/mol. The number of rotatable bonds is 1. The molecule has 2 aromatic heterocycles. The summed E-state index contributed by atoms with van der Waals surface area (Å²) in [6, 6.07) is 0. The average Bonchev–Trinajstić information content (AvgIpc) is 2.55. The van der Waals surface area contributed by atoms with Crippen LogP contribution < -0.4 is 0 Å². The lowest BCUT2D eigenvalue weighted by Gasteiger charge is -1.85. The van der Waals surface area contributed by atoms with Gasteiger partial charge in [0.1, 0.15) is 5.82 Å². The average molecular weight is 165 g/mol. The summed E-state index contributed by atoms with van der Waals surface area (Å²) in [5.74, 6) is 0.907. The topological polar surface area (TPSA) is 41.6 Å². The maximum Gasteiger partial charge on any atom is 0.149 e. The first-order chi connectivity index (χ1) is 5.36. The van der Waals surface area contributed by atoms with Gasteiger partial charge in [-0.3, -0.25) is 4.98 Å². The van der Waals surface area contributed by atoms with Crippen LogP contribution in [0.25, 0.3) is 10.7 Å². The zero-order valence-electron chi connectivity index (χ0n) is 6.03. The van der Waals surface area contributed by atoms with Crippen LogP contribution in [0, 0.1) is 6.92 Å². The van der Waals surface area contributed by atoms with Crippen molar-refractivity contribution in [3.8, 4) is 10.7 Å². The molecule has 3 nitrogen and oxygen atoms in total. The lowest BCUT2D eigenvalue weighted by Crippen LogP contribution is -1.73. The number of aromatic nitrogens is 3. The molecule has 0 aliphatic rings. The van der Waals surface area contributed by atoms with Gasteiger partial charge >= 0.3 is 0 Å². The largest absolute Gasteiger partial charge is 0.341 e. The summed E-state index contributed by atoms with van der Waals surface area (Å²) in [6.07, 6.45) is 3.62. The third-order valence-electron chi connectivity index (χ3n) is 1.37. The molecular formula is C7H7N3S. The highest BCUT2D eigenvalue weighted by Gasteiger charge is 2.01. The van der Waals surface area contributed by atoms with E-state index in [1.807, 2.05) is 19.3 Å². The summed E-state index contributed by atoms with van der Waals surface area (Å²) >= 11 is 1.58. The highest BCUT2D eigenvalue weighted by molar-refractivity contribution is 7.13. The molecular weight excluding hydrogens is 158 g/mol. The second-order valence-electron chi connectivity index (χ2n) is 2.28. The second kappa shape index (κ2) is 2.47. The Labute approximate surface area is 68.1 Å². The van der Waals surface area contributed by atoms with Crippen LogP contribution in [0.5, 0.6) is 0 Å². The fourth-order valence-corrected chi connectivity index (χ4v) is 1.44. The maximum absolute atomic E-state index is 4.17. The van der Waals surface area contributed by atoms with Crippen molar-refractivity contribution in [1.82, 2.24) is 15.0 Å². The second-order valence-corrected chi connectivity index (χ2v) is 3.17. The molecule has 2 heterocycles. The van der Waals surface area contributed by atoms with Crippen molar-refractivity contribution >= 4 is 11.3 Å². The van der Waals surface area contributed by atoms with Gasteiger partial charge in [-0.15, -0.1) is 11.3 Å². The summed E-state index contributed by atoms with van der Waals surface area (Å²) in [5.41, 5.74) is 2.88. The predicted molar refractivity (Wildman–Crippen MR) is 44.4 cm³/mol. The Bertz CT molecular complexity index is 336. The van der Waals surface area contributed by atoms with E-state index in [9.17, 15) is 0 Å². The molecule has 4 heteroatoms. The molecule has 0 saturated heterocycles. The van der Waals surface area contributed by atoms with E-state index in [4.69, 9.17) is 0 Å². The van der Waals surface area contributed by atoms with E-state index in [0.717, 1.165) is 16.4 Å². The van der Waals surface area contributed by atoms with Crippen LogP contribution in [0.3, 0.4) is 0 Å². The first kappa shape index (κ1) is 6.54. The normalized spacial score (nSPS) is 10.3. The van der Waals surface area contributed by atoms with Crippen molar-refractivity contribution in [2.45, 2.75) is 6.92 Å². The van der Waals surface area contributed by atoms with Crippen LogP contribution in [0.4, 0.5) is 0 Å². The van der Waals surface area contributed by atoms with Crippen molar-refractivity contribution in [2.24, 2.45) is 0 Å². The number of H-pyrrole nitrogens is 1. The number of nitrogens with one attached hydrogen (secondary N) is 1. The highest BCUT2D eigenvalue weighted by Crippen LogP contribution is 2.18. The Morgan fingerprint density at radius 3 is 2.91 bits per heavy atom. The van der Waals surface area contributed by atoms with Gasteiger partial charge in [-0.05, 0) is 6.92 Å². The molecule has 0 radical (unpaired) electrons. The molecule has 0 unspecified atom stereocenters. The third-order valence-corrected chi connectivity index (χ3v) is 2.15. The zero-order chi connectivity index (χ0) is 7.68. The Morgan fingerprint density at radius 2 is 2.36 bits per heavy atom. The lowest BCUT2D eigenvalue weighted by molar-refractivity contribution is 1.26. The maximum atomic E-state index is 4.17. The summed E-state index contributed by atoms with van der Waals surface area (Å²) in [6.45, 7) is 1.98. The smallest absolute Gasteiger partial charge is 0.149 e. The zero-order valence-corrected chi connectivity index (χ0v) is 6.85. The van der Waals surface area contributed by atoms with Crippen LogP contribution in [0.1, 0.15) is 5.69 Å². The molecule has 2 aromatic rings. The van der Waals surface area contributed by atoms with E-state index in [0.29, 0.717) is 0 Å². The number of hydrogen-bond donors (Lipinski definition) is 1. The number of aromatic amines is 1. The van der Waals surface area contributed by atoms with Crippen molar-refractivity contribution in [2.75, 3.05) is 0 Å².